The van der Waals surface area contributed by atoms with Crippen LogP contribution in [0.4, 0.5) is 0 Å². The first-order valence-corrected chi connectivity index (χ1v) is 3.13. The fraction of sp³-hybridized carbons (Fsp3) is 0.571. The largest absolute Gasteiger partial charge is 0.353 e. The van der Waals surface area contributed by atoms with Crippen molar-refractivity contribution in [2.45, 2.75) is 20.8 Å². The summed E-state index contributed by atoms with van der Waals surface area (Å²) in [6.45, 7) is 6.25. The van der Waals surface area contributed by atoms with Crippen molar-refractivity contribution in [2.24, 2.45) is 0 Å². The Morgan fingerprint density at radius 1 is 1.55 bits per heavy atom. The molecular formula is C7H17ClN2O. The zero-order valence-electron chi connectivity index (χ0n) is 7.31. The number of nitrogens with one attached hydrogen (secondary N) is 1. The lowest BCUT2D eigenvalue weighted by atomic mass is 10.3. The molecule has 4 heteroatoms. The van der Waals surface area contributed by atoms with Crippen molar-refractivity contribution in [1.29, 1.82) is 0 Å². The SMILES string of the molecule is CC=C(C)C(=O)NCC.Cl.N. The Morgan fingerprint density at radius 2 is 2.00 bits per heavy atom. The molecule has 0 aliphatic carbocycles. The van der Waals surface area contributed by atoms with Crippen LogP contribution in [-0.2, 0) is 4.79 Å². The smallest absolute Gasteiger partial charge is 0.246 e. The van der Waals surface area contributed by atoms with Crippen LogP contribution in [0.25, 0.3) is 0 Å². The van der Waals surface area contributed by atoms with Crippen LogP contribution >= 0.6 is 12.4 Å². The lowest BCUT2D eigenvalue weighted by molar-refractivity contribution is -0.117. The minimum Gasteiger partial charge on any atom is -0.353 e. The molecule has 0 fully saturated rings. The van der Waals surface area contributed by atoms with E-state index in [2.05, 4.69) is 5.32 Å². The van der Waals surface area contributed by atoms with E-state index in [1.165, 1.54) is 0 Å². The van der Waals surface area contributed by atoms with Gasteiger partial charge in [-0.1, -0.05) is 6.08 Å². The minimum absolute atomic E-state index is 0. The molecule has 0 spiro atoms. The molecule has 0 bridgehead atoms. The van der Waals surface area contributed by atoms with Crippen molar-refractivity contribution in [1.82, 2.24) is 11.5 Å². The minimum atomic E-state index is 0. The van der Waals surface area contributed by atoms with E-state index in [1.54, 1.807) is 13.0 Å². The first kappa shape index (κ1) is 16.8. The molecule has 0 heterocycles. The van der Waals surface area contributed by atoms with Crippen LogP contribution in [0.5, 0.6) is 0 Å². The fourth-order valence-electron chi connectivity index (χ4n) is 0.431. The predicted molar refractivity (Wildman–Crippen MR) is 50.4 cm³/mol. The monoisotopic (exact) mass is 180 g/mol. The average molecular weight is 181 g/mol. The molecule has 4 N–H and O–H groups in total. The Balaban J connectivity index is -0.000000320. The van der Waals surface area contributed by atoms with Gasteiger partial charge in [0.25, 0.3) is 0 Å². The van der Waals surface area contributed by atoms with Gasteiger partial charge in [0.1, 0.15) is 0 Å². The molecule has 3 nitrogen and oxygen atoms in total. The molecule has 0 aliphatic heterocycles. The molecule has 0 radical (unpaired) electrons. The number of rotatable bonds is 2. The number of halogens is 1. The molecule has 0 aromatic rings. The molecule has 0 rings (SSSR count). The average Bonchev–Trinajstić information content (AvgIpc) is 1.87. The lowest BCUT2D eigenvalue weighted by Gasteiger charge is -1.98. The molecule has 0 unspecified atom stereocenters. The Hall–Kier alpha value is -0.540. The number of carbonyl (C=O) groups excluding carboxylic acids is 1. The van der Waals surface area contributed by atoms with E-state index in [0.717, 1.165) is 5.57 Å². The van der Waals surface area contributed by atoms with Gasteiger partial charge in [-0.2, -0.15) is 0 Å². The van der Waals surface area contributed by atoms with E-state index in [0.29, 0.717) is 6.54 Å². The summed E-state index contributed by atoms with van der Waals surface area (Å²) in [5.41, 5.74) is 0.775. The van der Waals surface area contributed by atoms with Crippen LogP contribution in [-0.4, -0.2) is 12.5 Å². The second-order valence-electron chi connectivity index (χ2n) is 1.83. The number of allylic oxidation sites excluding steroid dienone is 1. The summed E-state index contributed by atoms with van der Waals surface area (Å²) < 4.78 is 0. The van der Waals surface area contributed by atoms with E-state index in [9.17, 15) is 4.79 Å². The first-order valence-electron chi connectivity index (χ1n) is 3.13. The van der Waals surface area contributed by atoms with E-state index >= 15 is 0 Å². The van der Waals surface area contributed by atoms with Gasteiger partial charge in [-0.15, -0.1) is 12.4 Å². The van der Waals surface area contributed by atoms with E-state index < -0.39 is 0 Å². The van der Waals surface area contributed by atoms with Gasteiger partial charge >= 0.3 is 0 Å². The van der Waals surface area contributed by atoms with Crippen LogP contribution < -0.4 is 11.5 Å². The van der Waals surface area contributed by atoms with E-state index in [1.807, 2.05) is 13.8 Å². The van der Waals surface area contributed by atoms with Crippen LogP contribution in [0.3, 0.4) is 0 Å². The van der Waals surface area contributed by atoms with Crippen LogP contribution in [0.1, 0.15) is 20.8 Å². The van der Waals surface area contributed by atoms with Crippen molar-refractivity contribution in [3.8, 4) is 0 Å². The van der Waals surface area contributed by atoms with Crippen molar-refractivity contribution in [3.05, 3.63) is 11.6 Å². The third-order valence-electron chi connectivity index (χ3n) is 1.13. The summed E-state index contributed by atoms with van der Waals surface area (Å²) in [7, 11) is 0. The van der Waals surface area contributed by atoms with Crippen molar-refractivity contribution < 1.29 is 4.79 Å². The van der Waals surface area contributed by atoms with Gasteiger partial charge in [-0.05, 0) is 20.8 Å². The summed E-state index contributed by atoms with van der Waals surface area (Å²) in [6, 6.07) is 0. The summed E-state index contributed by atoms with van der Waals surface area (Å²) in [5, 5.41) is 2.69. The summed E-state index contributed by atoms with van der Waals surface area (Å²) >= 11 is 0. The zero-order valence-corrected chi connectivity index (χ0v) is 8.12. The van der Waals surface area contributed by atoms with Crippen LogP contribution in [0, 0.1) is 0 Å². The molecule has 0 atom stereocenters. The van der Waals surface area contributed by atoms with E-state index in [4.69, 9.17) is 0 Å². The Bertz CT molecular complexity index is 134. The van der Waals surface area contributed by atoms with Gasteiger partial charge in [0.2, 0.25) is 5.91 Å². The summed E-state index contributed by atoms with van der Waals surface area (Å²) in [6.07, 6.45) is 1.80. The zero-order chi connectivity index (χ0) is 7.28. The summed E-state index contributed by atoms with van der Waals surface area (Å²) in [5.74, 6) is 0.0278. The summed E-state index contributed by atoms with van der Waals surface area (Å²) in [4.78, 5) is 10.8. The fourth-order valence-corrected chi connectivity index (χ4v) is 0.431. The number of amides is 1. The van der Waals surface area contributed by atoms with Crippen molar-refractivity contribution in [2.75, 3.05) is 6.54 Å². The molecular weight excluding hydrogens is 164 g/mol. The standard InChI is InChI=1S/C7H13NO.ClH.H3N/c1-4-6(3)7(9)8-5-2;;/h4H,5H2,1-3H3,(H,8,9);1H;1H3. The number of carbonyl (C=O) groups is 1. The van der Waals surface area contributed by atoms with Crippen molar-refractivity contribution >= 4 is 18.3 Å². The number of likely N-dealkylation sites (N-methyl/N-ethyl adjacent to an activating group) is 1. The molecule has 0 saturated carbocycles. The lowest BCUT2D eigenvalue weighted by Crippen LogP contribution is -2.23. The molecule has 0 saturated heterocycles. The molecule has 68 valence electrons. The molecule has 0 aromatic heterocycles. The van der Waals surface area contributed by atoms with Crippen molar-refractivity contribution in [3.63, 3.8) is 0 Å². The Kier molecular flexibility index (Phi) is 14.5. The topological polar surface area (TPSA) is 64.1 Å². The van der Waals surface area contributed by atoms with Crippen LogP contribution in [0.2, 0.25) is 0 Å². The molecule has 0 aliphatic rings. The highest BCUT2D eigenvalue weighted by molar-refractivity contribution is 5.92. The third-order valence-corrected chi connectivity index (χ3v) is 1.13. The predicted octanol–water partition coefficient (Wildman–Crippen LogP) is 1.67. The van der Waals surface area contributed by atoms with Gasteiger partial charge in [0.15, 0.2) is 0 Å². The molecule has 11 heavy (non-hydrogen) atoms. The second-order valence-corrected chi connectivity index (χ2v) is 1.83. The highest BCUT2D eigenvalue weighted by atomic mass is 35.5. The first-order chi connectivity index (χ1) is 4.22. The Morgan fingerprint density at radius 3 is 2.27 bits per heavy atom. The maximum absolute atomic E-state index is 10.8. The highest BCUT2D eigenvalue weighted by Crippen LogP contribution is 1.89. The number of hydrogen-bond donors (Lipinski definition) is 2. The quantitative estimate of drug-likeness (QED) is 0.635. The maximum Gasteiger partial charge on any atom is 0.246 e. The number of hydrogen-bond acceptors (Lipinski definition) is 2. The maximum atomic E-state index is 10.8. The van der Waals surface area contributed by atoms with Crippen LogP contribution in [0.15, 0.2) is 11.6 Å². The second kappa shape index (κ2) is 9.46. The van der Waals surface area contributed by atoms with Gasteiger partial charge < -0.3 is 11.5 Å². The molecule has 1 amide bonds. The van der Waals surface area contributed by atoms with Gasteiger partial charge in [0, 0.05) is 12.1 Å². The third kappa shape index (κ3) is 7.36. The van der Waals surface area contributed by atoms with E-state index in [-0.39, 0.29) is 24.5 Å². The highest BCUT2D eigenvalue weighted by Gasteiger charge is 1.97. The normalized spacial score (nSPS) is 9.18. The van der Waals surface area contributed by atoms with Gasteiger partial charge in [0.05, 0.1) is 0 Å². The van der Waals surface area contributed by atoms with Gasteiger partial charge in [-0.25, -0.2) is 0 Å². The van der Waals surface area contributed by atoms with Gasteiger partial charge in [-0.3, -0.25) is 4.79 Å². The Labute approximate surface area is 74.2 Å². The molecule has 0 aromatic carbocycles.